The maximum Gasteiger partial charge on any atom is 0.223 e. The van der Waals surface area contributed by atoms with Gasteiger partial charge in [-0.05, 0) is 38.3 Å². The molecule has 2 aromatic rings. The van der Waals surface area contributed by atoms with E-state index in [9.17, 15) is 13.2 Å². The molecule has 142 valence electrons. The second-order valence-electron chi connectivity index (χ2n) is 6.50. The molecule has 6 nitrogen and oxygen atoms in total. The van der Waals surface area contributed by atoms with Gasteiger partial charge in [-0.2, -0.15) is 0 Å². The highest BCUT2D eigenvalue weighted by atomic mass is 32.2. The molecular formula is C17H23N3O3S3. The standard InChI is InChI=1S/C17H23N3O3S3/c1-12-19-15(11-24-12)16-4-3-14(25-16)5-8-18-17(21)13-6-9-20(10-7-13)26(2,22)23/h3-4,11,13H,5-10H2,1-2H3,(H,18,21). The zero-order valence-corrected chi connectivity index (χ0v) is 17.3. The van der Waals surface area contributed by atoms with Crippen LogP contribution in [0.1, 0.15) is 22.7 Å². The quantitative estimate of drug-likeness (QED) is 0.789. The average molecular weight is 414 g/mol. The third-order valence-electron chi connectivity index (χ3n) is 4.50. The lowest BCUT2D eigenvalue weighted by Crippen LogP contribution is -2.42. The highest BCUT2D eigenvalue weighted by Gasteiger charge is 2.28. The number of nitrogens with one attached hydrogen (secondary N) is 1. The lowest BCUT2D eigenvalue weighted by molar-refractivity contribution is -0.126. The van der Waals surface area contributed by atoms with Gasteiger partial charge < -0.3 is 5.32 Å². The minimum absolute atomic E-state index is 0.0325. The summed E-state index contributed by atoms with van der Waals surface area (Å²) in [5, 5.41) is 6.12. The number of thiazole rings is 1. The fraction of sp³-hybridized carbons (Fsp3) is 0.529. The number of sulfonamides is 1. The second-order valence-corrected chi connectivity index (χ2v) is 10.7. The Morgan fingerprint density at radius 3 is 2.69 bits per heavy atom. The van der Waals surface area contributed by atoms with Gasteiger partial charge in [0.1, 0.15) is 0 Å². The third kappa shape index (κ3) is 4.91. The predicted octanol–water partition coefficient (Wildman–Crippen LogP) is 2.51. The van der Waals surface area contributed by atoms with Crippen LogP contribution in [0.4, 0.5) is 0 Å². The van der Waals surface area contributed by atoms with Crippen molar-refractivity contribution in [1.82, 2.24) is 14.6 Å². The number of hydrogen-bond donors (Lipinski definition) is 1. The lowest BCUT2D eigenvalue weighted by Gasteiger charge is -2.29. The van der Waals surface area contributed by atoms with E-state index in [4.69, 9.17) is 0 Å². The van der Waals surface area contributed by atoms with E-state index in [1.54, 1.807) is 22.7 Å². The zero-order chi connectivity index (χ0) is 18.7. The molecule has 1 amide bonds. The number of thiophene rings is 1. The molecule has 3 rings (SSSR count). The molecule has 1 aliphatic rings. The van der Waals surface area contributed by atoms with Crippen LogP contribution in [0.2, 0.25) is 0 Å². The van der Waals surface area contributed by atoms with Crippen LogP contribution >= 0.6 is 22.7 Å². The second kappa shape index (κ2) is 8.16. The Morgan fingerprint density at radius 2 is 2.08 bits per heavy atom. The molecule has 0 saturated carbocycles. The molecular weight excluding hydrogens is 390 g/mol. The van der Waals surface area contributed by atoms with Crippen LogP contribution in [0.5, 0.6) is 0 Å². The molecule has 0 radical (unpaired) electrons. The molecule has 0 atom stereocenters. The van der Waals surface area contributed by atoms with Crippen LogP contribution in [0.3, 0.4) is 0 Å². The molecule has 26 heavy (non-hydrogen) atoms. The van der Waals surface area contributed by atoms with E-state index in [-0.39, 0.29) is 11.8 Å². The van der Waals surface area contributed by atoms with Crippen molar-refractivity contribution in [2.45, 2.75) is 26.2 Å². The van der Waals surface area contributed by atoms with Crippen molar-refractivity contribution in [3.63, 3.8) is 0 Å². The molecule has 9 heteroatoms. The SMILES string of the molecule is Cc1nc(-c2ccc(CCNC(=O)C3CCN(S(C)(=O)=O)CC3)s2)cs1. The van der Waals surface area contributed by atoms with Crippen molar-refractivity contribution < 1.29 is 13.2 Å². The van der Waals surface area contributed by atoms with Gasteiger partial charge in [0, 0.05) is 35.8 Å². The van der Waals surface area contributed by atoms with Crippen LogP contribution in [-0.4, -0.2) is 49.5 Å². The minimum Gasteiger partial charge on any atom is -0.355 e. The number of carbonyl (C=O) groups is 1. The fourth-order valence-electron chi connectivity index (χ4n) is 3.03. The summed E-state index contributed by atoms with van der Waals surface area (Å²) in [4.78, 5) is 19.2. The van der Waals surface area contributed by atoms with Crippen LogP contribution in [-0.2, 0) is 21.2 Å². The van der Waals surface area contributed by atoms with Crippen molar-refractivity contribution in [2.24, 2.45) is 5.92 Å². The van der Waals surface area contributed by atoms with Crippen molar-refractivity contribution in [3.8, 4) is 10.6 Å². The maximum absolute atomic E-state index is 12.3. The van der Waals surface area contributed by atoms with Crippen molar-refractivity contribution in [2.75, 3.05) is 25.9 Å². The van der Waals surface area contributed by atoms with Crippen molar-refractivity contribution >= 4 is 38.6 Å². The molecule has 0 spiro atoms. The average Bonchev–Trinajstić information content (AvgIpc) is 3.23. The Morgan fingerprint density at radius 1 is 1.35 bits per heavy atom. The van der Waals surface area contributed by atoms with Crippen molar-refractivity contribution in [3.05, 3.63) is 27.4 Å². The first kappa shape index (κ1) is 19.5. The number of carbonyl (C=O) groups excluding carboxylic acids is 1. The zero-order valence-electron chi connectivity index (χ0n) is 14.9. The largest absolute Gasteiger partial charge is 0.355 e. The molecule has 0 aliphatic carbocycles. The normalized spacial score (nSPS) is 16.7. The first-order valence-corrected chi connectivity index (χ1v) is 12.1. The third-order valence-corrected chi connectivity index (χ3v) is 7.74. The van der Waals surface area contributed by atoms with Gasteiger partial charge in [0.25, 0.3) is 0 Å². The van der Waals surface area contributed by atoms with Gasteiger partial charge in [0.05, 0.1) is 21.8 Å². The summed E-state index contributed by atoms with van der Waals surface area (Å²) in [6.07, 6.45) is 3.19. The predicted molar refractivity (Wildman–Crippen MR) is 106 cm³/mol. The summed E-state index contributed by atoms with van der Waals surface area (Å²) >= 11 is 3.35. The summed E-state index contributed by atoms with van der Waals surface area (Å²) in [7, 11) is -3.15. The van der Waals surface area contributed by atoms with E-state index in [1.165, 1.54) is 15.4 Å². The van der Waals surface area contributed by atoms with Gasteiger partial charge in [-0.15, -0.1) is 22.7 Å². The van der Waals surface area contributed by atoms with Gasteiger partial charge in [0.15, 0.2) is 0 Å². The molecule has 1 aliphatic heterocycles. The summed E-state index contributed by atoms with van der Waals surface area (Å²) in [6, 6.07) is 4.17. The minimum atomic E-state index is -3.15. The monoisotopic (exact) mass is 413 g/mol. The summed E-state index contributed by atoms with van der Waals surface area (Å²) in [5.74, 6) is -0.0602. The smallest absolute Gasteiger partial charge is 0.223 e. The fourth-order valence-corrected chi connectivity index (χ4v) is 5.56. The molecule has 1 fully saturated rings. The molecule has 0 unspecified atom stereocenters. The van der Waals surface area contributed by atoms with Gasteiger partial charge in [-0.3, -0.25) is 4.79 Å². The Hall–Kier alpha value is -1.29. The maximum atomic E-state index is 12.3. The first-order chi connectivity index (χ1) is 12.3. The number of rotatable bonds is 6. The number of nitrogens with zero attached hydrogens (tertiary/aromatic N) is 2. The molecule has 1 saturated heterocycles. The van der Waals surface area contributed by atoms with Crippen LogP contribution in [0, 0.1) is 12.8 Å². The highest BCUT2D eigenvalue weighted by Crippen LogP contribution is 2.29. The molecule has 1 N–H and O–H groups in total. The number of hydrogen-bond acceptors (Lipinski definition) is 6. The summed E-state index contributed by atoms with van der Waals surface area (Å²) < 4.78 is 24.5. The lowest BCUT2D eigenvalue weighted by atomic mass is 9.97. The van der Waals surface area contributed by atoms with E-state index in [2.05, 4.69) is 27.8 Å². The number of aromatic nitrogens is 1. The van der Waals surface area contributed by atoms with E-state index < -0.39 is 10.0 Å². The molecule has 0 aromatic carbocycles. The van der Waals surface area contributed by atoms with E-state index in [0.717, 1.165) is 22.0 Å². The van der Waals surface area contributed by atoms with Crippen LogP contribution in [0.25, 0.3) is 10.6 Å². The number of amides is 1. The van der Waals surface area contributed by atoms with Gasteiger partial charge in [0.2, 0.25) is 15.9 Å². The van der Waals surface area contributed by atoms with Gasteiger partial charge in [-0.1, -0.05) is 0 Å². The summed E-state index contributed by atoms with van der Waals surface area (Å²) in [6.45, 7) is 3.45. The molecule has 0 bridgehead atoms. The number of aryl methyl sites for hydroxylation is 1. The van der Waals surface area contributed by atoms with Crippen LogP contribution in [0.15, 0.2) is 17.5 Å². The van der Waals surface area contributed by atoms with Crippen LogP contribution < -0.4 is 5.32 Å². The number of piperidine rings is 1. The van der Waals surface area contributed by atoms with Gasteiger partial charge in [-0.25, -0.2) is 17.7 Å². The summed E-state index contributed by atoms with van der Waals surface area (Å²) in [5.41, 5.74) is 1.02. The Kier molecular flexibility index (Phi) is 6.11. The van der Waals surface area contributed by atoms with E-state index >= 15 is 0 Å². The topological polar surface area (TPSA) is 79.4 Å². The van der Waals surface area contributed by atoms with E-state index in [1.807, 2.05) is 6.92 Å². The Bertz CT molecular complexity index is 865. The Labute approximate surface area is 162 Å². The van der Waals surface area contributed by atoms with E-state index in [0.29, 0.717) is 32.5 Å². The Balaban J connectivity index is 1.44. The van der Waals surface area contributed by atoms with Crippen molar-refractivity contribution in [1.29, 1.82) is 0 Å². The first-order valence-electron chi connectivity index (χ1n) is 8.57. The van der Waals surface area contributed by atoms with Gasteiger partial charge >= 0.3 is 0 Å². The molecule has 2 aromatic heterocycles. The highest BCUT2D eigenvalue weighted by molar-refractivity contribution is 7.88. The molecule has 3 heterocycles.